The molecule has 0 saturated heterocycles. The van der Waals surface area contributed by atoms with Crippen molar-refractivity contribution in [3.8, 4) is 0 Å². The van der Waals surface area contributed by atoms with E-state index in [0.29, 0.717) is 0 Å². The third-order valence-electron chi connectivity index (χ3n) is 4.44. The summed E-state index contributed by atoms with van der Waals surface area (Å²) in [4.78, 5) is 11.9. The van der Waals surface area contributed by atoms with E-state index in [2.05, 4.69) is 12.2 Å². The van der Waals surface area contributed by atoms with E-state index in [1.165, 1.54) is 17.7 Å². The number of nitro groups is 1. The van der Waals surface area contributed by atoms with Gasteiger partial charge in [0, 0.05) is 17.2 Å². The molecule has 3 aromatic rings. The smallest absolute Gasteiger partial charge is 0.293 e. The summed E-state index contributed by atoms with van der Waals surface area (Å²) in [6, 6.07) is 15.6. The van der Waals surface area contributed by atoms with Crippen LogP contribution >= 0.6 is 11.3 Å². The number of thiophene rings is 1. The van der Waals surface area contributed by atoms with Crippen molar-refractivity contribution in [3.63, 3.8) is 0 Å². The van der Waals surface area contributed by atoms with Gasteiger partial charge in [0.1, 0.15) is 5.69 Å². The number of anilines is 1. The van der Waals surface area contributed by atoms with Gasteiger partial charge in [-0.15, -0.1) is 11.3 Å². The molecule has 28 heavy (non-hydrogen) atoms. The maximum atomic E-state index is 11.8. The maximum Gasteiger partial charge on any atom is 0.293 e. The normalized spacial score (nSPS) is 12.5. The summed E-state index contributed by atoms with van der Waals surface area (Å²) in [5, 5.41) is 16.8. The van der Waals surface area contributed by atoms with E-state index < -0.39 is 14.8 Å². The fraction of sp³-hybridized carbons (Fsp3) is 0.200. The van der Waals surface area contributed by atoms with Gasteiger partial charge in [-0.3, -0.25) is 10.1 Å². The second-order valence-electron chi connectivity index (χ2n) is 6.40. The minimum atomic E-state index is -3.54. The molecule has 0 aliphatic rings. The fourth-order valence-electron chi connectivity index (χ4n) is 2.89. The van der Waals surface area contributed by atoms with Crippen molar-refractivity contribution < 1.29 is 13.3 Å². The maximum absolute atomic E-state index is 11.8. The molecule has 0 aliphatic heterocycles. The summed E-state index contributed by atoms with van der Waals surface area (Å²) in [5.41, 5.74) is 2.18. The van der Waals surface area contributed by atoms with Gasteiger partial charge in [-0.1, -0.05) is 37.3 Å². The number of nitrogens with zero attached hydrogens (tertiary/aromatic N) is 1. The number of nitro benzene ring substituents is 1. The number of benzene rings is 2. The Morgan fingerprint density at radius 2 is 1.86 bits per heavy atom. The molecule has 8 heteroatoms. The number of aryl methyl sites for hydroxylation is 1. The van der Waals surface area contributed by atoms with Crippen LogP contribution in [0.25, 0.3) is 0 Å². The molecule has 3 rings (SSSR count). The number of sulfone groups is 1. The summed E-state index contributed by atoms with van der Waals surface area (Å²) in [5.74, 6) is 0. The highest BCUT2D eigenvalue weighted by atomic mass is 32.2. The first-order chi connectivity index (χ1) is 13.3. The molecular weight excluding hydrogens is 396 g/mol. The molecule has 0 unspecified atom stereocenters. The van der Waals surface area contributed by atoms with E-state index >= 15 is 0 Å². The first-order valence-electron chi connectivity index (χ1n) is 8.67. The van der Waals surface area contributed by atoms with Crippen LogP contribution in [0.3, 0.4) is 0 Å². The minimum absolute atomic E-state index is 0.0790. The van der Waals surface area contributed by atoms with Crippen LogP contribution in [-0.4, -0.2) is 19.6 Å². The highest BCUT2D eigenvalue weighted by Crippen LogP contribution is 2.35. The first-order valence-corrected chi connectivity index (χ1v) is 11.4. The Bertz CT molecular complexity index is 1080. The highest BCUT2D eigenvalue weighted by molar-refractivity contribution is 7.90. The van der Waals surface area contributed by atoms with Crippen LogP contribution in [0.15, 0.2) is 64.9 Å². The van der Waals surface area contributed by atoms with Gasteiger partial charge in [0.05, 0.1) is 15.9 Å². The second kappa shape index (κ2) is 8.12. The Balaban J connectivity index is 2.04. The molecule has 0 bridgehead atoms. The molecule has 146 valence electrons. The third-order valence-corrected chi connectivity index (χ3v) is 6.49. The highest BCUT2D eigenvalue weighted by Gasteiger charge is 2.23. The zero-order valence-electron chi connectivity index (χ0n) is 15.5. The van der Waals surface area contributed by atoms with Gasteiger partial charge >= 0.3 is 0 Å². The van der Waals surface area contributed by atoms with Gasteiger partial charge < -0.3 is 5.32 Å². The van der Waals surface area contributed by atoms with Gasteiger partial charge in [0.2, 0.25) is 0 Å². The van der Waals surface area contributed by atoms with Gasteiger partial charge in [0.15, 0.2) is 9.84 Å². The van der Waals surface area contributed by atoms with E-state index in [4.69, 9.17) is 0 Å². The van der Waals surface area contributed by atoms with Crippen LogP contribution in [0, 0.1) is 10.1 Å². The molecule has 0 aliphatic carbocycles. The van der Waals surface area contributed by atoms with Crippen molar-refractivity contribution in [2.45, 2.75) is 24.3 Å². The average Bonchev–Trinajstić information content (AvgIpc) is 3.19. The summed E-state index contributed by atoms with van der Waals surface area (Å²) in [7, 11) is -3.54. The Kier molecular flexibility index (Phi) is 5.81. The van der Waals surface area contributed by atoms with Crippen LogP contribution in [-0.2, 0) is 16.3 Å². The summed E-state index contributed by atoms with van der Waals surface area (Å²) < 4.78 is 23.5. The van der Waals surface area contributed by atoms with Crippen LogP contribution < -0.4 is 5.32 Å². The van der Waals surface area contributed by atoms with E-state index in [1.807, 2.05) is 41.8 Å². The predicted octanol–water partition coefficient (Wildman–Crippen LogP) is 4.82. The lowest BCUT2D eigenvalue weighted by Gasteiger charge is -2.20. The average molecular weight is 417 g/mol. The lowest BCUT2D eigenvalue weighted by atomic mass is 10.0. The first kappa shape index (κ1) is 20.0. The third kappa shape index (κ3) is 4.40. The number of hydrogen-bond acceptors (Lipinski definition) is 6. The standard InChI is InChI=1S/C20H20N2O4S2/c1-3-14-6-8-15(9-7-14)20(19-5-4-12-27-19)21-17-11-10-16(28(2,25)26)13-18(17)22(23)24/h4-13,20-21H,3H2,1-2H3/t20-/m1/s1. The molecule has 0 radical (unpaired) electrons. The molecule has 0 saturated carbocycles. The molecule has 1 heterocycles. The zero-order valence-corrected chi connectivity index (χ0v) is 17.1. The molecular formula is C20H20N2O4S2. The van der Waals surface area contributed by atoms with Crippen molar-refractivity contribution in [1.29, 1.82) is 0 Å². The van der Waals surface area contributed by atoms with Gasteiger partial charge in [-0.25, -0.2) is 8.42 Å². The Labute approximate surface area is 167 Å². The summed E-state index contributed by atoms with van der Waals surface area (Å²) in [6.45, 7) is 2.08. The van der Waals surface area contributed by atoms with Gasteiger partial charge in [0.25, 0.3) is 5.69 Å². The van der Waals surface area contributed by atoms with Crippen molar-refractivity contribution in [3.05, 3.63) is 86.1 Å². The van der Waals surface area contributed by atoms with Crippen molar-refractivity contribution in [2.75, 3.05) is 11.6 Å². The largest absolute Gasteiger partial charge is 0.368 e. The molecule has 6 nitrogen and oxygen atoms in total. The Morgan fingerprint density at radius 3 is 2.39 bits per heavy atom. The van der Waals surface area contributed by atoms with E-state index in [1.54, 1.807) is 11.3 Å². The second-order valence-corrected chi connectivity index (χ2v) is 9.39. The van der Waals surface area contributed by atoms with Crippen LogP contribution in [0.1, 0.15) is 29.0 Å². The van der Waals surface area contributed by atoms with Crippen LogP contribution in [0.4, 0.5) is 11.4 Å². The van der Waals surface area contributed by atoms with Crippen LogP contribution in [0.5, 0.6) is 0 Å². The minimum Gasteiger partial charge on any atom is -0.368 e. The summed E-state index contributed by atoms with van der Waals surface area (Å²) in [6.07, 6.45) is 1.96. The molecule has 1 aromatic heterocycles. The molecule has 1 atom stereocenters. The Hall–Kier alpha value is -2.71. The van der Waals surface area contributed by atoms with E-state index in [-0.39, 0.29) is 22.3 Å². The van der Waals surface area contributed by atoms with Crippen LogP contribution in [0.2, 0.25) is 0 Å². The Morgan fingerprint density at radius 1 is 1.14 bits per heavy atom. The monoisotopic (exact) mass is 416 g/mol. The van der Waals surface area contributed by atoms with Crippen molar-refractivity contribution in [2.24, 2.45) is 0 Å². The lowest BCUT2D eigenvalue weighted by molar-refractivity contribution is -0.384. The van der Waals surface area contributed by atoms with E-state index in [0.717, 1.165) is 29.2 Å². The van der Waals surface area contributed by atoms with Gasteiger partial charge in [-0.05, 0) is 41.1 Å². The quantitative estimate of drug-likeness (QED) is 0.440. The number of nitrogens with one attached hydrogen (secondary N) is 1. The zero-order chi connectivity index (χ0) is 20.3. The number of rotatable bonds is 7. The SMILES string of the molecule is CCc1ccc([C@@H](Nc2ccc(S(C)(=O)=O)cc2[N+](=O)[O-])c2cccs2)cc1. The summed E-state index contributed by atoms with van der Waals surface area (Å²) >= 11 is 1.55. The van der Waals surface area contributed by atoms with Crippen molar-refractivity contribution in [1.82, 2.24) is 0 Å². The van der Waals surface area contributed by atoms with Gasteiger partial charge in [-0.2, -0.15) is 0 Å². The lowest BCUT2D eigenvalue weighted by Crippen LogP contribution is -2.13. The topological polar surface area (TPSA) is 89.3 Å². The predicted molar refractivity (Wildman–Crippen MR) is 112 cm³/mol. The number of hydrogen-bond donors (Lipinski definition) is 1. The molecule has 0 spiro atoms. The van der Waals surface area contributed by atoms with Crippen molar-refractivity contribution >= 4 is 32.5 Å². The molecule has 2 aromatic carbocycles. The van der Waals surface area contributed by atoms with E-state index in [9.17, 15) is 18.5 Å². The molecule has 0 amide bonds. The fourth-order valence-corrected chi connectivity index (χ4v) is 4.33. The molecule has 0 fully saturated rings. The molecule has 1 N–H and O–H groups in total.